The number of amides is 1. The maximum absolute atomic E-state index is 11.8. The van der Waals surface area contributed by atoms with Gasteiger partial charge in [0, 0.05) is 6.54 Å². The molecule has 0 aromatic carbocycles. The fraction of sp³-hybridized carbons (Fsp3) is 0.500. The second kappa shape index (κ2) is 6.33. The van der Waals surface area contributed by atoms with Gasteiger partial charge in [0.05, 0.1) is 14.1 Å². The molecule has 0 atom stereocenters. The molecule has 1 aromatic rings. The van der Waals surface area contributed by atoms with Crippen LogP contribution in [0.4, 0.5) is 0 Å². The highest BCUT2D eigenvalue weighted by atomic mass is 79.9. The normalized spacial score (nSPS) is 11.3. The lowest BCUT2D eigenvalue weighted by Crippen LogP contribution is -2.42. The van der Waals surface area contributed by atoms with Crippen molar-refractivity contribution in [2.75, 3.05) is 6.54 Å². The van der Waals surface area contributed by atoms with Crippen molar-refractivity contribution < 1.29 is 14.7 Å². The third-order valence-electron chi connectivity index (χ3n) is 3.19. The number of carbonyl (C=O) groups excluding carboxylic acids is 1. The topological polar surface area (TPSA) is 66.4 Å². The van der Waals surface area contributed by atoms with Gasteiger partial charge in [-0.2, -0.15) is 0 Å². The molecule has 2 N–H and O–H groups in total. The molecule has 1 aromatic heterocycles. The van der Waals surface area contributed by atoms with Crippen LogP contribution in [0.2, 0.25) is 0 Å². The molecule has 100 valence electrons. The van der Waals surface area contributed by atoms with Crippen LogP contribution in [0.1, 0.15) is 36.4 Å². The summed E-state index contributed by atoms with van der Waals surface area (Å²) in [6, 6.07) is 3.51. The molecule has 1 amide bonds. The Kier molecular flexibility index (Phi) is 5.34. The van der Waals surface area contributed by atoms with E-state index in [1.54, 1.807) is 12.1 Å². The molecule has 0 bridgehead atoms. The van der Waals surface area contributed by atoms with Crippen LogP contribution in [0, 0.1) is 5.41 Å². The van der Waals surface area contributed by atoms with Gasteiger partial charge in [0.2, 0.25) is 0 Å². The molecule has 0 saturated heterocycles. The summed E-state index contributed by atoms with van der Waals surface area (Å²) in [6.07, 6.45) is 0.987. The maximum Gasteiger partial charge on any atom is 0.311 e. The number of carboxylic acids is 1. The van der Waals surface area contributed by atoms with E-state index < -0.39 is 11.4 Å². The summed E-state index contributed by atoms with van der Waals surface area (Å²) in [5.41, 5.74) is -0.871. The zero-order valence-electron chi connectivity index (χ0n) is 10.3. The molecule has 0 aliphatic rings. The largest absolute Gasteiger partial charge is 0.481 e. The number of carboxylic acid groups (broad SMARTS) is 1. The van der Waals surface area contributed by atoms with Crippen LogP contribution in [0.3, 0.4) is 0 Å². The summed E-state index contributed by atoms with van der Waals surface area (Å²) in [7, 11) is 0. The van der Waals surface area contributed by atoms with Gasteiger partial charge >= 0.3 is 5.97 Å². The monoisotopic (exact) mass is 333 g/mol. The van der Waals surface area contributed by atoms with E-state index in [9.17, 15) is 14.7 Å². The van der Waals surface area contributed by atoms with Gasteiger partial charge in [-0.25, -0.2) is 0 Å². The smallest absolute Gasteiger partial charge is 0.311 e. The summed E-state index contributed by atoms with van der Waals surface area (Å²) in [6.45, 7) is 3.81. The molecule has 0 fully saturated rings. The van der Waals surface area contributed by atoms with Crippen molar-refractivity contribution in [1.29, 1.82) is 0 Å². The number of hydrogen-bond acceptors (Lipinski definition) is 3. The average molecular weight is 334 g/mol. The highest BCUT2D eigenvalue weighted by Crippen LogP contribution is 2.26. The molecule has 0 unspecified atom stereocenters. The number of carbonyl (C=O) groups is 2. The fourth-order valence-corrected chi connectivity index (χ4v) is 2.95. The van der Waals surface area contributed by atoms with E-state index in [-0.39, 0.29) is 12.5 Å². The number of nitrogens with one attached hydrogen (secondary N) is 1. The molecule has 0 aliphatic carbocycles. The van der Waals surface area contributed by atoms with E-state index in [1.165, 1.54) is 11.3 Å². The van der Waals surface area contributed by atoms with Gasteiger partial charge in [0.25, 0.3) is 5.91 Å². The second-order valence-electron chi connectivity index (χ2n) is 4.08. The zero-order valence-corrected chi connectivity index (χ0v) is 12.7. The minimum atomic E-state index is -0.871. The fourth-order valence-electron chi connectivity index (χ4n) is 1.65. The van der Waals surface area contributed by atoms with Gasteiger partial charge in [-0.1, -0.05) is 13.8 Å². The summed E-state index contributed by atoms with van der Waals surface area (Å²) in [5, 5.41) is 12.0. The van der Waals surface area contributed by atoms with E-state index in [4.69, 9.17) is 0 Å². The first-order valence-electron chi connectivity index (χ1n) is 5.72. The van der Waals surface area contributed by atoms with Crippen molar-refractivity contribution in [2.45, 2.75) is 26.7 Å². The summed E-state index contributed by atoms with van der Waals surface area (Å²) in [4.78, 5) is 23.7. The lowest BCUT2D eigenvalue weighted by molar-refractivity contribution is -0.149. The minimum Gasteiger partial charge on any atom is -0.481 e. The van der Waals surface area contributed by atoms with E-state index in [2.05, 4.69) is 21.2 Å². The number of aliphatic carboxylic acids is 1. The minimum absolute atomic E-state index is 0.156. The highest BCUT2D eigenvalue weighted by molar-refractivity contribution is 9.11. The third kappa shape index (κ3) is 3.32. The van der Waals surface area contributed by atoms with Crippen LogP contribution in [0.25, 0.3) is 0 Å². The van der Waals surface area contributed by atoms with Gasteiger partial charge in [-0.15, -0.1) is 11.3 Å². The van der Waals surface area contributed by atoms with E-state index in [1.807, 2.05) is 13.8 Å². The molecule has 18 heavy (non-hydrogen) atoms. The van der Waals surface area contributed by atoms with Crippen molar-refractivity contribution in [3.05, 3.63) is 20.8 Å². The lowest BCUT2D eigenvalue weighted by Gasteiger charge is -2.26. The molecular formula is C12H16BrNO3S. The standard InChI is InChI=1S/C12H16BrNO3S/c1-3-12(4-2,11(16)17)7-14-10(15)8-5-6-9(13)18-8/h5-6H,3-4,7H2,1-2H3,(H,14,15)(H,16,17). The molecule has 0 spiro atoms. The number of thiophene rings is 1. The third-order valence-corrected chi connectivity index (χ3v) is 4.81. The SMILES string of the molecule is CCC(CC)(CNC(=O)c1ccc(Br)s1)C(=O)O. The Morgan fingerprint density at radius 1 is 1.39 bits per heavy atom. The highest BCUT2D eigenvalue weighted by Gasteiger charge is 2.35. The summed E-state index contributed by atoms with van der Waals surface area (Å²) < 4.78 is 0.878. The van der Waals surface area contributed by atoms with Crippen LogP contribution >= 0.6 is 27.3 Å². The van der Waals surface area contributed by atoms with Crippen molar-refractivity contribution in [2.24, 2.45) is 5.41 Å². The van der Waals surface area contributed by atoms with E-state index in [0.717, 1.165) is 3.79 Å². The van der Waals surface area contributed by atoms with Gasteiger partial charge < -0.3 is 10.4 Å². The Morgan fingerprint density at radius 2 is 2.00 bits per heavy atom. The van der Waals surface area contributed by atoms with Gasteiger partial charge in [0.1, 0.15) is 0 Å². The van der Waals surface area contributed by atoms with Gasteiger partial charge in [-0.3, -0.25) is 9.59 Å². The molecule has 6 heteroatoms. The number of rotatable bonds is 6. The summed E-state index contributed by atoms with van der Waals surface area (Å²) >= 11 is 4.61. The van der Waals surface area contributed by atoms with Crippen LogP contribution in [0.5, 0.6) is 0 Å². The quantitative estimate of drug-likeness (QED) is 0.840. The first-order valence-corrected chi connectivity index (χ1v) is 7.33. The first kappa shape index (κ1) is 15.2. The van der Waals surface area contributed by atoms with E-state index >= 15 is 0 Å². The number of halogens is 1. The van der Waals surface area contributed by atoms with Crippen molar-refractivity contribution in [3.63, 3.8) is 0 Å². The predicted molar refractivity (Wildman–Crippen MR) is 75.0 cm³/mol. The molecule has 1 heterocycles. The van der Waals surface area contributed by atoms with E-state index in [0.29, 0.717) is 17.7 Å². The molecule has 0 radical (unpaired) electrons. The van der Waals surface area contributed by atoms with Crippen molar-refractivity contribution >= 4 is 39.1 Å². The van der Waals surface area contributed by atoms with Crippen LogP contribution in [-0.4, -0.2) is 23.5 Å². The Labute approximate surface area is 119 Å². The van der Waals surface area contributed by atoms with Crippen LogP contribution < -0.4 is 5.32 Å². The van der Waals surface area contributed by atoms with Crippen molar-refractivity contribution in [3.8, 4) is 0 Å². The van der Waals surface area contributed by atoms with Crippen molar-refractivity contribution in [1.82, 2.24) is 5.32 Å². The first-order chi connectivity index (χ1) is 8.45. The lowest BCUT2D eigenvalue weighted by atomic mass is 9.82. The maximum atomic E-state index is 11.8. The zero-order chi connectivity index (χ0) is 13.8. The van der Waals surface area contributed by atoms with Crippen LogP contribution in [0.15, 0.2) is 15.9 Å². The summed E-state index contributed by atoms with van der Waals surface area (Å²) in [5.74, 6) is -1.08. The average Bonchev–Trinajstić information content (AvgIpc) is 2.77. The molecule has 0 aliphatic heterocycles. The molecule has 1 rings (SSSR count). The molecular weight excluding hydrogens is 318 g/mol. The van der Waals surface area contributed by atoms with Gasteiger partial charge in [-0.05, 0) is 40.9 Å². The van der Waals surface area contributed by atoms with Gasteiger partial charge in [0.15, 0.2) is 0 Å². The molecule has 0 saturated carbocycles. The Bertz CT molecular complexity index is 440. The second-order valence-corrected chi connectivity index (χ2v) is 6.54. The number of hydrogen-bond donors (Lipinski definition) is 2. The molecule has 4 nitrogen and oxygen atoms in total. The predicted octanol–water partition coefficient (Wildman–Crippen LogP) is 3.13. The Hall–Kier alpha value is -0.880. The Morgan fingerprint density at radius 3 is 2.39 bits per heavy atom. The van der Waals surface area contributed by atoms with Crippen LogP contribution in [-0.2, 0) is 4.79 Å². The Balaban J connectivity index is 2.69.